The minimum absolute atomic E-state index is 0.137. The lowest BCUT2D eigenvalue weighted by atomic mass is 10.1. The van der Waals surface area contributed by atoms with Crippen molar-refractivity contribution in [3.05, 3.63) is 52.2 Å². The molecule has 2 nitrogen and oxygen atoms in total. The number of hydrogen-bond acceptors (Lipinski definition) is 3. The molecule has 0 aliphatic heterocycles. The predicted octanol–water partition coefficient (Wildman–Crippen LogP) is 4.66. The van der Waals surface area contributed by atoms with Gasteiger partial charge in [-0.2, -0.15) is 0 Å². The lowest BCUT2D eigenvalue weighted by molar-refractivity contribution is 0.424. The number of anilines is 1. The molecule has 0 fully saturated rings. The number of nitrogens with one attached hydrogen (secondary N) is 1. The third-order valence-electron chi connectivity index (χ3n) is 3.45. The summed E-state index contributed by atoms with van der Waals surface area (Å²) in [4.78, 5) is 3.86. The Hall–Kier alpha value is -1.32. The predicted molar refractivity (Wildman–Crippen MR) is 94.1 cm³/mol. The van der Waals surface area contributed by atoms with Gasteiger partial charge >= 0.3 is 0 Å². The van der Waals surface area contributed by atoms with Gasteiger partial charge in [-0.1, -0.05) is 24.3 Å². The Kier molecular flexibility index (Phi) is 5.43. The van der Waals surface area contributed by atoms with Gasteiger partial charge in [0.15, 0.2) is 0 Å². The van der Waals surface area contributed by atoms with Gasteiger partial charge in [-0.05, 0) is 50.8 Å². The van der Waals surface area contributed by atoms with Crippen molar-refractivity contribution in [1.82, 2.24) is 5.32 Å². The van der Waals surface area contributed by atoms with Gasteiger partial charge in [0.25, 0.3) is 0 Å². The number of benzene rings is 1. The second-order valence-electron chi connectivity index (χ2n) is 6.33. The Morgan fingerprint density at radius 2 is 1.86 bits per heavy atom. The van der Waals surface area contributed by atoms with Gasteiger partial charge in [-0.25, -0.2) is 0 Å². The van der Waals surface area contributed by atoms with Gasteiger partial charge in [-0.15, -0.1) is 11.3 Å². The number of para-hydroxylation sites is 1. The minimum atomic E-state index is 0.137. The van der Waals surface area contributed by atoms with Crippen LogP contribution in [0.1, 0.15) is 38.1 Å². The third-order valence-corrected chi connectivity index (χ3v) is 4.31. The Balaban J connectivity index is 2.16. The van der Waals surface area contributed by atoms with Crippen molar-refractivity contribution in [1.29, 1.82) is 0 Å². The maximum atomic E-state index is 3.59. The van der Waals surface area contributed by atoms with Crippen LogP contribution in [0.15, 0.2) is 41.8 Å². The van der Waals surface area contributed by atoms with Gasteiger partial charge in [0.1, 0.15) is 0 Å². The van der Waals surface area contributed by atoms with Crippen LogP contribution in [0.25, 0.3) is 0 Å². The van der Waals surface area contributed by atoms with Crippen molar-refractivity contribution in [2.24, 2.45) is 0 Å². The Labute approximate surface area is 132 Å². The molecule has 114 valence electrons. The van der Waals surface area contributed by atoms with Crippen LogP contribution in [0.2, 0.25) is 0 Å². The lowest BCUT2D eigenvalue weighted by Crippen LogP contribution is -2.35. The summed E-state index contributed by atoms with van der Waals surface area (Å²) in [5, 5.41) is 5.74. The van der Waals surface area contributed by atoms with Crippen LogP contribution < -0.4 is 10.2 Å². The zero-order chi connectivity index (χ0) is 15.3. The molecule has 1 N–H and O–H groups in total. The van der Waals surface area contributed by atoms with E-state index in [1.165, 1.54) is 16.1 Å². The van der Waals surface area contributed by atoms with Crippen molar-refractivity contribution < 1.29 is 0 Å². The quantitative estimate of drug-likeness (QED) is 0.834. The molecule has 1 aromatic carbocycles. The normalized spacial score (nSPS) is 11.6. The van der Waals surface area contributed by atoms with E-state index in [1.807, 2.05) is 11.3 Å². The van der Waals surface area contributed by atoms with Crippen molar-refractivity contribution in [3.8, 4) is 0 Å². The highest BCUT2D eigenvalue weighted by Crippen LogP contribution is 2.24. The monoisotopic (exact) mass is 302 g/mol. The van der Waals surface area contributed by atoms with E-state index in [4.69, 9.17) is 0 Å². The molecular formula is C18H26N2S. The number of hydrogen-bond donors (Lipinski definition) is 1. The molecule has 0 bridgehead atoms. The second kappa shape index (κ2) is 7.10. The largest absolute Gasteiger partial charge is 0.366 e. The number of rotatable bonds is 6. The average Bonchev–Trinajstić information content (AvgIpc) is 2.95. The highest BCUT2D eigenvalue weighted by Gasteiger charge is 2.13. The fourth-order valence-corrected chi connectivity index (χ4v) is 3.01. The Morgan fingerprint density at radius 3 is 2.48 bits per heavy atom. The molecule has 0 aliphatic rings. The first-order chi connectivity index (χ1) is 9.99. The summed E-state index contributed by atoms with van der Waals surface area (Å²) in [5.41, 5.74) is 2.84. The molecule has 2 aromatic rings. The highest BCUT2D eigenvalue weighted by atomic mass is 32.1. The lowest BCUT2D eigenvalue weighted by Gasteiger charge is -2.27. The van der Waals surface area contributed by atoms with Crippen molar-refractivity contribution >= 4 is 17.0 Å². The number of nitrogens with zero attached hydrogens (tertiary/aromatic N) is 1. The van der Waals surface area contributed by atoms with Crippen LogP contribution in [-0.4, -0.2) is 12.1 Å². The molecule has 0 saturated carbocycles. The van der Waals surface area contributed by atoms with E-state index < -0.39 is 0 Å². The third kappa shape index (κ3) is 4.87. The SMILES string of the molecule is CCN(Cc1cccs1)c1ccccc1CNC(C)(C)C. The molecule has 0 amide bonds. The molecule has 0 aliphatic carbocycles. The van der Waals surface area contributed by atoms with E-state index in [1.54, 1.807) is 0 Å². The standard InChI is InChI=1S/C18H26N2S/c1-5-20(14-16-10-8-12-21-16)17-11-7-6-9-15(17)13-19-18(2,3)4/h6-12,19H,5,13-14H2,1-4H3. The Bertz CT molecular complexity index is 541. The molecule has 0 spiro atoms. The number of thiophene rings is 1. The van der Waals surface area contributed by atoms with Crippen LogP contribution in [-0.2, 0) is 13.1 Å². The Morgan fingerprint density at radius 1 is 1.10 bits per heavy atom. The zero-order valence-corrected chi connectivity index (χ0v) is 14.3. The van der Waals surface area contributed by atoms with Crippen LogP contribution in [0.4, 0.5) is 5.69 Å². The summed E-state index contributed by atoms with van der Waals surface area (Å²) >= 11 is 1.83. The van der Waals surface area contributed by atoms with Gasteiger partial charge in [0.2, 0.25) is 0 Å². The summed E-state index contributed by atoms with van der Waals surface area (Å²) < 4.78 is 0. The van der Waals surface area contributed by atoms with E-state index in [9.17, 15) is 0 Å². The van der Waals surface area contributed by atoms with E-state index in [0.717, 1.165) is 19.6 Å². The minimum Gasteiger partial charge on any atom is -0.366 e. The summed E-state index contributed by atoms with van der Waals surface area (Å²) in [5.74, 6) is 0. The van der Waals surface area contributed by atoms with Crippen molar-refractivity contribution in [3.63, 3.8) is 0 Å². The maximum Gasteiger partial charge on any atom is 0.0522 e. The molecule has 1 heterocycles. The van der Waals surface area contributed by atoms with Gasteiger partial charge in [0, 0.05) is 29.2 Å². The van der Waals surface area contributed by atoms with Crippen LogP contribution in [0, 0.1) is 0 Å². The smallest absolute Gasteiger partial charge is 0.0522 e. The highest BCUT2D eigenvalue weighted by molar-refractivity contribution is 7.09. The molecule has 0 saturated heterocycles. The van der Waals surface area contributed by atoms with Crippen LogP contribution >= 0.6 is 11.3 Å². The first-order valence-corrected chi connectivity index (χ1v) is 8.48. The summed E-state index contributed by atoms with van der Waals surface area (Å²) in [6, 6.07) is 13.1. The zero-order valence-electron chi connectivity index (χ0n) is 13.5. The van der Waals surface area contributed by atoms with E-state index >= 15 is 0 Å². The van der Waals surface area contributed by atoms with Crippen molar-refractivity contribution in [2.45, 2.75) is 46.3 Å². The summed E-state index contributed by atoms with van der Waals surface area (Å²) in [6.45, 7) is 11.8. The fourth-order valence-electron chi connectivity index (χ4n) is 2.29. The van der Waals surface area contributed by atoms with E-state index in [2.05, 4.69) is 79.7 Å². The molecule has 1 aromatic heterocycles. The molecular weight excluding hydrogens is 276 g/mol. The average molecular weight is 302 g/mol. The fraction of sp³-hybridized carbons (Fsp3) is 0.444. The van der Waals surface area contributed by atoms with Gasteiger partial charge in [0.05, 0.1) is 6.54 Å². The maximum absolute atomic E-state index is 3.59. The van der Waals surface area contributed by atoms with Gasteiger partial charge in [-0.3, -0.25) is 0 Å². The van der Waals surface area contributed by atoms with Crippen LogP contribution in [0.3, 0.4) is 0 Å². The molecule has 0 atom stereocenters. The summed E-state index contributed by atoms with van der Waals surface area (Å²) in [7, 11) is 0. The topological polar surface area (TPSA) is 15.3 Å². The first kappa shape index (κ1) is 16.1. The van der Waals surface area contributed by atoms with E-state index in [-0.39, 0.29) is 5.54 Å². The van der Waals surface area contributed by atoms with Crippen LogP contribution in [0.5, 0.6) is 0 Å². The van der Waals surface area contributed by atoms with E-state index in [0.29, 0.717) is 0 Å². The van der Waals surface area contributed by atoms with Gasteiger partial charge < -0.3 is 10.2 Å². The molecule has 3 heteroatoms. The molecule has 21 heavy (non-hydrogen) atoms. The van der Waals surface area contributed by atoms with Crippen molar-refractivity contribution in [2.75, 3.05) is 11.4 Å². The first-order valence-electron chi connectivity index (χ1n) is 7.60. The molecule has 0 radical (unpaired) electrons. The molecule has 2 rings (SSSR count). The summed E-state index contributed by atoms with van der Waals surface area (Å²) in [6.07, 6.45) is 0. The second-order valence-corrected chi connectivity index (χ2v) is 7.36. The molecule has 0 unspecified atom stereocenters.